The molecule has 17 heavy (non-hydrogen) atoms. The molecule has 0 saturated carbocycles. The molecule has 2 rings (SSSR count). The Labute approximate surface area is 99.9 Å². The lowest BCUT2D eigenvalue weighted by atomic mass is 10.0. The number of nitrogen functional groups attached to an aromatic ring is 1. The van der Waals surface area contributed by atoms with Crippen molar-refractivity contribution >= 4 is 5.82 Å². The molecule has 0 bridgehead atoms. The van der Waals surface area contributed by atoms with E-state index in [4.69, 9.17) is 11.5 Å². The normalized spacial score (nSPS) is 12.4. The van der Waals surface area contributed by atoms with Gasteiger partial charge in [-0.05, 0) is 31.0 Å². The zero-order valence-electron chi connectivity index (χ0n) is 9.67. The van der Waals surface area contributed by atoms with E-state index in [0.717, 1.165) is 17.1 Å². The van der Waals surface area contributed by atoms with Crippen LogP contribution in [-0.4, -0.2) is 15.0 Å². The second-order valence-corrected chi connectivity index (χ2v) is 3.89. The summed E-state index contributed by atoms with van der Waals surface area (Å²) in [4.78, 5) is 12.4. The minimum atomic E-state index is -0.191. The van der Waals surface area contributed by atoms with Crippen molar-refractivity contribution in [2.75, 3.05) is 5.73 Å². The molecule has 0 aliphatic rings. The van der Waals surface area contributed by atoms with Crippen LogP contribution < -0.4 is 11.5 Å². The summed E-state index contributed by atoms with van der Waals surface area (Å²) < 4.78 is 0. The molecule has 0 amide bonds. The lowest BCUT2D eigenvalue weighted by Crippen LogP contribution is -2.16. The van der Waals surface area contributed by atoms with E-state index in [9.17, 15) is 0 Å². The molecule has 0 radical (unpaired) electrons. The highest BCUT2D eigenvalue weighted by Gasteiger charge is 2.11. The maximum Gasteiger partial charge on any atom is 0.126 e. The molecule has 2 heterocycles. The number of aromatic nitrogens is 3. The Morgan fingerprint density at radius 2 is 2.06 bits per heavy atom. The molecule has 2 aromatic heterocycles. The van der Waals surface area contributed by atoms with Gasteiger partial charge in [-0.3, -0.25) is 0 Å². The van der Waals surface area contributed by atoms with Gasteiger partial charge < -0.3 is 11.5 Å². The van der Waals surface area contributed by atoms with Crippen LogP contribution >= 0.6 is 0 Å². The Balaban J connectivity index is 2.17. The molecule has 0 fully saturated rings. The predicted octanol–water partition coefficient (Wildman–Crippen LogP) is 1.00. The third kappa shape index (κ3) is 2.76. The van der Waals surface area contributed by atoms with Gasteiger partial charge in [0.25, 0.3) is 0 Å². The molecule has 2 aromatic rings. The Hall–Kier alpha value is -2.01. The number of hydrogen-bond donors (Lipinski definition) is 2. The minimum absolute atomic E-state index is 0.191. The number of hydrogen-bond acceptors (Lipinski definition) is 5. The summed E-state index contributed by atoms with van der Waals surface area (Å²) in [5.74, 6) is 1.24. The molecule has 4 N–H and O–H groups in total. The third-order valence-corrected chi connectivity index (χ3v) is 2.54. The van der Waals surface area contributed by atoms with Gasteiger partial charge in [-0.25, -0.2) is 15.0 Å². The van der Waals surface area contributed by atoms with Crippen molar-refractivity contribution < 1.29 is 0 Å². The summed E-state index contributed by atoms with van der Waals surface area (Å²) in [6.45, 7) is 1.84. The summed E-state index contributed by atoms with van der Waals surface area (Å²) in [5, 5.41) is 0. The van der Waals surface area contributed by atoms with E-state index >= 15 is 0 Å². The van der Waals surface area contributed by atoms with Gasteiger partial charge in [0.1, 0.15) is 11.6 Å². The SMILES string of the molecule is Cc1nccc(C(N)Cc2cccnc2N)n1. The third-order valence-electron chi connectivity index (χ3n) is 2.54. The van der Waals surface area contributed by atoms with Crippen LogP contribution in [0.4, 0.5) is 5.82 Å². The molecule has 88 valence electrons. The summed E-state index contributed by atoms with van der Waals surface area (Å²) >= 11 is 0. The van der Waals surface area contributed by atoms with Crippen molar-refractivity contribution in [3.05, 3.63) is 47.7 Å². The molecule has 0 aliphatic carbocycles. The van der Waals surface area contributed by atoms with E-state index in [1.807, 2.05) is 25.1 Å². The van der Waals surface area contributed by atoms with Gasteiger partial charge >= 0.3 is 0 Å². The van der Waals surface area contributed by atoms with Gasteiger partial charge in [-0.15, -0.1) is 0 Å². The zero-order valence-corrected chi connectivity index (χ0v) is 9.67. The maximum absolute atomic E-state index is 6.09. The number of aryl methyl sites for hydroxylation is 1. The lowest BCUT2D eigenvalue weighted by Gasteiger charge is -2.12. The Kier molecular flexibility index (Phi) is 3.30. The van der Waals surface area contributed by atoms with E-state index in [1.54, 1.807) is 12.4 Å². The summed E-state index contributed by atoms with van der Waals surface area (Å²) in [5.41, 5.74) is 13.6. The molecular formula is C12H15N5. The van der Waals surface area contributed by atoms with Crippen molar-refractivity contribution in [3.63, 3.8) is 0 Å². The van der Waals surface area contributed by atoms with Crippen molar-refractivity contribution in [2.45, 2.75) is 19.4 Å². The van der Waals surface area contributed by atoms with E-state index in [1.165, 1.54) is 0 Å². The molecular weight excluding hydrogens is 214 g/mol. The zero-order chi connectivity index (χ0) is 12.3. The van der Waals surface area contributed by atoms with Gasteiger partial charge in [0.2, 0.25) is 0 Å². The number of anilines is 1. The van der Waals surface area contributed by atoms with E-state index in [2.05, 4.69) is 15.0 Å². The minimum Gasteiger partial charge on any atom is -0.383 e. The Morgan fingerprint density at radius 3 is 2.76 bits per heavy atom. The molecule has 1 atom stereocenters. The molecule has 1 unspecified atom stereocenters. The smallest absolute Gasteiger partial charge is 0.126 e. The van der Waals surface area contributed by atoms with Crippen LogP contribution in [-0.2, 0) is 6.42 Å². The van der Waals surface area contributed by atoms with Crippen LogP contribution in [0.2, 0.25) is 0 Å². The summed E-state index contributed by atoms with van der Waals surface area (Å²) in [6, 6.07) is 5.41. The molecule has 0 aliphatic heterocycles. The van der Waals surface area contributed by atoms with E-state index < -0.39 is 0 Å². The number of rotatable bonds is 3. The van der Waals surface area contributed by atoms with Crippen LogP contribution in [0.5, 0.6) is 0 Å². The first-order valence-corrected chi connectivity index (χ1v) is 5.41. The number of nitrogens with zero attached hydrogens (tertiary/aromatic N) is 3. The maximum atomic E-state index is 6.09. The lowest BCUT2D eigenvalue weighted by molar-refractivity contribution is 0.688. The highest BCUT2D eigenvalue weighted by Crippen LogP contribution is 2.16. The molecule has 0 aromatic carbocycles. The Morgan fingerprint density at radius 1 is 1.24 bits per heavy atom. The van der Waals surface area contributed by atoms with Crippen LogP contribution in [0, 0.1) is 6.92 Å². The van der Waals surface area contributed by atoms with Gasteiger partial charge in [0.05, 0.1) is 11.7 Å². The standard InChI is InChI=1S/C12H15N5/c1-8-15-6-4-11(17-8)10(13)7-9-3-2-5-16-12(9)14/h2-6,10H,7,13H2,1H3,(H2,14,16). The summed E-state index contributed by atoms with van der Waals surface area (Å²) in [7, 11) is 0. The second kappa shape index (κ2) is 4.88. The molecule has 5 nitrogen and oxygen atoms in total. The average molecular weight is 229 g/mol. The Bertz CT molecular complexity index is 512. The second-order valence-electron chi connectivity index (χ2n) is 3.89. The van der Waals surface area contributed by atoms with Crippen molar-refractivity contribution in [3.8, 4) is 0 Å². The van der Waals surface area contributed by atoms with E-state index in [0.29, 0.717) is 12.2 Å². The molecule has 0 spiro atoms. The topological polar surface area (TPSA) is 90.7 Å². The fourth-order valence-electron chi connectivity index (χ4n) is 1.65. The fourth-order valence-corrected chi connectivity index (χ4v) is 1.65. The quantitative estimate of drug-likeness (QED) is 0.819. The van der Waals surface area contributed by atoms with Crippen LogP contribution in [0.25, 0.3) is 0 Å². The number of pyridine rings is 1. The van der Waals surface area contributed by atoms with Crippen molar-refractivity contribution in [2.24, 2.45) is 5.73 Å². The van der Waals surface area contributed by atoms with Crippen LogP contribution in [0.15, 0.2) is 30.6 Å². The van der Waals surface area contributed by atoms with Crippen molar-refractivity contribution in [1.29, 1.82) is 0 Å². The first-order chi connectivity index (χ1) is 8.16. The predicted molar refractivity (Wildman–Crippen MR) is 66.1 cm³/mol. The van der Waals surface area contributed by atoms with Gasteiger partial charge in [-0.1, -0.05) is 6.07 Å². The van der Waals surface area contributed by atoms with Gasteiger partial charge in [0.15, 0.2) is 0 Å². The van der Waals surface area contributed by atoms with Crippen LogP contribution in [0.3, 0.4) is 0 Å². The first kappa shape index (κ1) is 11.5. The first-order valence-electron chi connectivity index (χ1n) is 5.41. The largest absolute Gasteiger partial charge is 0.383 e. The van der Waals surface area contributed by atoms with Gasteiger partial charge in [-0.2, -0.15) is 0 Å². The monoisotopic (exact) mass is 229 g/mol. The van der Waals surface area contributed by atoms with Crippen LogP contribution in [0.1, 0.15) is 23.1 Å². The fraction of sp³-hybridized carbons (Fsp3) is 0.250. The van der Waals surface area contributed by atoms with E-state index in [-0.39, 0.29) is 6.04 Å². The average Bonchev–Trinajstić information content (AvgIpc) is 2.32. The highest BCUT2D eigenvalue weighted by atomic mass is 14.9. The molecule has 0 saturated heterocycles. The van der Waals surface area contributed by atoms with Crippen molar-refractivity contribution in [1.82, 2.24) is 15.0 Å². The number of nitrogens with two attached hydrogens (primary N) is 2. The highest BCUT2D eigenvalue weighted by molar-refractivity contribution is 5.39. The molecule has 5 heteroatoms. The van der Waals surface area contributed by atoms with Gasteiger partial charge in [0, 0.05) is 12.4 Å². The summed E-state index contributed by atoms with van der Waals surface area (Å²) in [6.07, 6.45) is 4.00.